The van der Waals surface area contributed by atoms with Crippen LogP contribution in [0, 0.1) is 0 Å². The molecular formula is C21H24N4O. The molecule has 134 valence electrons. The van der Waals surface area contributed by atoms with E-state index < -0.39 is 0 Å². The fourth-order valence-electron chi connectivity index (χ4n) is 3.57. The van der Waals surface area contributed by atoms with E-state index in [1.165, 1.54) is 24.0 Å². The fourth-order valence-corrected chi connectivity index (χ4v) is 3.57. The molecule has 1 aliphatic rings. The highest BCUT2D eigenvalue weighted by Gasteiger charge is 2.26. The van der Waals surface area contributed by atoms with Crippen LogP contribution < -0.4 is 4.74 Å². The van der Waals surface area contributed by atoms with Gasteiger partial charge in [-0.3, -0.25) is 14.6 Å². The summed E-state index contributed by atoms with van der Waals surface area (Å²) in [5.74, 6) is 0.879. The molecule has 1 atom stereocenters. The van der Waals surface area contributed by atoms with E-state index in [2.05, 4.69) is 33.3 Å². The molecule has 0 N–H and O–H groups in total. The van der Waals surface area contributed by atoms with Crippen LogP contribution in [0.3, 0.4) is 0 Å². The smallest absolute Gasteiger partial charge is 0.130 e. The standard InChI is InChI=1S/C21H24N4O/c1-24-15-18(13-23-24)21-6-4-12-25(21)14-17-7-9-20(10-8-17)26-16-19-5-2-3-11-22-19/h2-3,5,7-11,13,15,21H,4,6,12,14,16H2,1H3/t21-/m1/s1. The van der Waals surface area contributed by atoms with Crippen LogP contribution in [-0.4, -0.2) is 26.2 Å². The van der Waals surface area contributed by atoms with Crippen LogP contribution in [0.25, 0.3) is 0 Å². The highest BCUT2D eigenvalue weighted by Crippen LogP contribution is 2.33. The molecule has 2 aromatic heterocycles. The number of hydrogen-bond donors (Lipinski definition) is 0. The number of benzene rings is 1. The van der Waals surface area contributed by atoms with E-state index in [0.717, 1.165) is 24.5 Å². The van der Waals surface area contributed by atoms with Crippen molar-refractivity contribution in [2.75, 3.05) is 6.54 Å². The van der Waals surface area contributed by atoms with Gasteiger partial charge in [-0.2, -0.15) is 5.10 Å². The van der Waals surface area contributed by atoms with Crippen molar-refractivity contribution in [1.82, 2.24) is 19.7 Å². The van der Waals surface area contributed by atoms with Gasteiger partial charge in [0.2, 0.25) is 0 Å². The second-order valence-electron chi connectivity index (χ2n) is 6.83. The molecule has 1 aliphatic heterocycles. The first kappa shape index (κ1) is 16.8. The van der Waals surface area contributed by atoms with Crippen molar-refractivity contribution < 1.29 is 4.74 Å². The lowest BCUT2D eigenvalue weighted by atomic mass is 10.1. The molecule has 0 unspecified atom stereocenters. The Labute approximate surface area is 154 Å². The fraction of sp³-hybridized carbons (Fsp3) is 0.333. The highest BCUT2D eigenvalue weighted by atomic mass is 16.5. The third kappa shape index (κ3) is 3.94. The zero-order chi connectivity index (χ0) is 17.8. The maximum atomic E-state index is 5.82. The maximum absolute atomic E-state index is 5.82. The summed E-state index contributed by atoms with van der Waals surface area (Å²) >= 11 is 0. The van der Waals surface area contributed by atoms with Crippen LogP contribution in [0.4, 0.5) is 0 Å². The van der Waals surface area contributed by atoms with Crippen LogP contribution in [-0.2, 0) is 20.2 Å². The number of aryl methyl sites for hydroxylation is 1. The van der Waals surface area contributed by atoms with Gasteiger partial charge in [0.15, 0.2) is 0 Å². The number of hydrogen-bond acceptors (Lipinski definition) is 4. The van der Waals surface area contributed by atoms with Gasteiger partial charge in [-0.25, -0.2) is 0 Å². The lowest BCUT2D eigenvalue weighted by Crippen LogP contribution is -2.22. The van der Waals surface area contributed by atoms with E-state index in [0.29, 0.717) is 12.6 Å². The summed E-state index contributed by atoms with van der Waals surface area (Å²) in [7, 11) is 1.98. The predicted octanol–water partition coefficient (Wildman–Crippen LogP) is 3.73. The third-order valence-electron chi connectivity index (χ3n) is 4.90. The first-order chi connectivity index (χ1) is 12.8. The Hall–Kier alpha value is -2.66. The van der Waals surface area contributed by atoms with E-state index in [-0.39, 0.29) is 0 Å². The van der Waals surface area contributed by atoms with Gasteiger partial charge in [0.05, 0.1) is 11.9 Å². The van der Waals surface area contributed by atoms with Gasteiger partial charge in [-0.1, -0.05) is 18.2 Å². The van der Waals surface area contributed by atoms with Crippen molar-refractivity contribution in [2.24, 2.45) is 7.05 Å². The van der Waals surface area contributed by atoms with E-state index in [1.807, 2.05) is 48.3 Å². The summed E-state index contributed by atoms with van der Waals surface area (Å²) in [5, 5.41) is 4.33. The minimum atomic E-state index is 0.476. The molecule has 0 amide bonds. The molecule has 26 heavy (non-hydrogen) atoms. The number of aromatic nitrogens is 3. The van der Waals surface area contributed by atoms with Gasteiger partial charge in [-0.15, -0.1) is 0 Å². The van der Waals surface area contributed by atoms with Crippen molar-refractivity contribution >= 4 is 0 Å². The zero-order valence-electron chi connectivity index (χ0n) is 15.1. The Morgan fingerprint density at radius 1 is 1.15 bits per heavy atom. The van der Waals surface area contributed by atoms with Gasteiger partial charge >= 0.3 is 0 Å². The van der Waals surface area contributed by atoms with Crippen LogP contribution in [0.1, 0.15) is 35.7 Å². The molecule has 0 saturated carbocycles. The molecule has 3 heterocycles. The van der Waals surface area contributed by atoms with E-state index in [4.69, 9.17) is 4.74 Å². The Balaban J connectivity index is 1.36. The minimum absolute atomic E-state index is 0.476. The average molecular weight is 348 g/mol. The van der Waals surface area contributed by atoms with Gasteiger partial charge in [0.1, 0.15) is 12.4 Å². The molecule has 4 rings (SSSR count). The number of pyridine rings is 1. The van der Waals surface area contributed by atoms with Gasteiger partial charge in [0, 0.05) is 37.6 Å². The van der Waals surface area contributed by atoms with E-state index in [9.17, 15) is 0 Å². The van der Waals surface area contributed by atoms with Crippen LogP contribution in [0.5, 0.6) is 5.75 Å². The monoisotopic (exact) mass is 348 g/mol. The Bertz CT molecular complexity index is 829. The molecule has 1 saturated heterocycles. The lowest BCUT2D eigenvalue weighted by Gasteiger charge is -2.23. The van der Waals surface area contributed by atoms with E-state index >= 15 is 0 Å². The van der Waals surface area contributed by atoms with Crippen molar-refractivity contribution in [2.45, 2.75) is 32.0 Å². The predicted molar refractivity (Wildman–Crippen MR) is 101 cm³/mol. The highest BCUT2D eigenvalue weighted by molar-refractivity contribution is 5.28. The summed E-state index contributed by atoms with van der Waals surface area (Å²) in [6.07, 6.45) is 8.37. The SMILES string of the molecule is Cn1cc([C@H]2CCCN2Cc2ccc(OCc3ccccn3)cc2)cn1. The molecule has 0 radical (unpaired) electrons. The largest absolute Gasteiger partial charge is 0.487 e. The van der Waals surface area contributed by atoms with Crippen molar-refractivity contribution in [3.8, 4) is 5.75 Å². The molecule has 0 bridgehead atoms. The number of likely N-dealkylation sites (tertiary alicyclic amines) is 1. The van der Waals surface area contributed by atoms with E-state index in [1.54, 1.807) is 6.20 Å². The summed E-state index contributed by atoms with van der Waals surface area (Å²) in [6.45, 7) is 2.59. The summed E-state index contributed by atoms with van der Waals surface area (Å²) in [6, 6.07) is 14.8. The molecule has 1 aromatic carbocycles. The summed E-state index contributed by atoms with van der Waals surface area (Å²) < 4.78 is 7.71. The van der Waals surface area contributed by atoms with Crippen molar-refractivity contribution in [3.63, 3.8) is 0 Å². The quantitative estimate of drug-likeness (QED) is 0.681. The normalized spacial score (nSPS) is 17.5. The minimum Gasteiger partial charge on any atom is -0.487 e. The molecule has 0 spiro atoms. The maximum Gasteiger partial charge on any atom is 0.130 e. The van der Waals surface area contributed by atoms with Crippen molar-refractivity contribution in [1.29, 1.82) is 0 Å². The van der Waals surface area contributed by atoms with Gasteiger partial charge in [-0.05, 0) is 49.2 Å². The average Bonchev–Trinajstić information content (AvgIpc) is 3.31. The van der Waals surface area contributed by atoms with Gasteiger partial charge in [0.25, 0.3) is 0 Å². The number of nitrogens with zero attached hydrogens (tertiary/aromatic N) is 4. The van der Waals surface area contributed by atoms with Gasteiger partial charge < -0.3 is 4.74 Å². The lowest BCUT2D eigenvalue weighted by molar-refractivity contribution is 0.248. The second-order valence-corrected chi connectivity index (χ2v) is 6.83. The summed E-state index contributed by atoms with van der Waals surface area (Å²) in [5.41, 5.74) is 3.57. The molecule has 1 fully saturated rings. The second kappa shape index (κ2) is 7.70. The first-order valence-electron chi connectivity index (χ1n) is 9.12. The Morgan fingerprint density at radius 2 is 2.04 bits per heavy atom. The summed E-state index contributed by atoms with van der Waals surface area (Å²) in [4.78, 5) is 6.82. The number of rotatable bonds is 6. The Morgan fingerprint density at radius 3 is 2.77 bits per heavy atom. The van der Waals surface area contributed by atoms with Crippen LogP contribution in [0.2, 0.25) is 0 Å². The molecule has 3 aromatic rings. The van der Waals surface area contributed by atoms with Crippen LogP contribution in [0.15, 0.2) is 61.1 Å². The first-order valence-corrected chi connectivity index (χ1v) is 9.12. The Kier molecular flexibility index (Phi) is 4.97. The topological polar surface area (TPSA) is 43.2 Å². The number of ether oxygens (including phenoxy) is 1. The molecular weight excluding hydrogens is 324 g/mol. The molecule has 5 nitrogen and oxygen atoms in total. The molecule has 5 heteroatoms. The van der Waals surface area contributed by atoms with Crippen molar-refractivity contribution in [3.05, 3.63) is 77.9 Å². The van der Waals surface area contributed by atoms with Crippen LogP contribution >= 0.6 is 0 Å². The third-order valence-corrected chi connectivity index (χ3v) is 4.90. The zero-order valence-corrected chi connectivity index (χ0v) is 15.1. The molecule has 0 aliphatic carbocycles.